The number of primary amides is 1. The third-order valence-electron chi connectivity index (χ3n) is 24.6. The minimum Gasteiger partial charge on any atom is -0.508 e. The van der Waals surface area contributed by atoms with E-state index in [0.29, 0.717) is 5.56 Å². The predicted molar refractivity (Wildman–Crippen MR) is 555 cm³/mol. The van der Waals surface area contributed by atoms with Crippen LogP contribution in [0.3, 0.4) is 0 Å². The van der Waals surface area contributed by atoms with Crippen molar-refractivity contribution in [2.75, 3.05) is 64.0 Å². The van der Waals surface area contributed by atoms with Crippen molar-refractivity contribution in [3.63, 3.8) is 0 Å². The monoisotopic (exact) mass is 2150 g/mol. The highest BCUT2D eigenvalue weighted by molar-refractivity contribution is 8.76. The fraction of sp³-hybridized carbons (Fsp3) is 0.521. The molecule has 0 saturated carbocycles. The van der Waals surface area contributed by atoms with Crippen LogP contribution >= 0.6 is 33.2 Å². The number of carboxylic acids is 2. The van der Waals surface area contributed by atoms with Crippen molar-refractivity contribution < 1.29 is 111 Å². The molecule has 0 spiro atoms. The van der Waals surface area contributed by atoms with Gasteiger partial charge in [0.2, 0.25) is 94.5 Å². The number of aromatic hydroxyl groups is 1. The molecule has 0 radical (unpaired) electrons. The quantitative estimate of drug-likeness (QED) is 0.00861. The first-order chi connectivity index (χ1) is 71.2. The molecule has 3 fully saturated rings. The van der Waals surface area contributed by atoms with Gasteiger partial charge in [-0.2, -0.15) is 0 Å². The number of fused-ring (bicyclic) bond motifs is 2. The Labute approximate surface area is 878 Å². The number of carbonyl (C=O) groups excluding carboxylic acids is 16. The van der Waals surface area contributed by atoms with Crippen molar-refractivity contribution in [3.05, 3.63) is 125 Å². The fourth-order valence-corrected chi connectivity index (χ4v) is 19.0. The molecule has 3 saturated heterocycles. The first-order valence-corrected chi connectivity index (χ1v) is 51.8. The molecule has 0 aliphatic carbocycles. The Morgan fingerprint density at radius 1 is 0.493 bits per heavy atom. The molecule has 4 aromatic rings. The van der Waals surface area contributed by atoms with Gasteiger partial charge in [0.1, 0.15) is 103 Å². The molecular weight excluding hydrogens is 2010 g/mol. The molecule has 16 amide bonds. The van der Waals surface area contributed by atoms with Crippen LogP contribution in [0.15, 0.2) is 103 Å². The third kappa shape index (κ3) is 41.3. The molecule has 7 rings (SSSR count). The number of hydrogen-bond acceptors (Lipinski definition) is 27. The van der Waals surface area contributed by atoms with Crippen LogP contribution in [-0.2, 0) is 110 Å². The summed E-state index contributed by atoms with van der Waals surface area (Å²) in [6.07, 6.45) is -5.36. The molecule has 0 unspecified atom stereocenters. The molecule has 54 heteroatoms. The van der Waals surface area contributed by atoms with Crippen LogP contribution in [0.2, 0.25) is 5.02 Å². The van der Waals surface area contributed by atoms with Gasteiger partial charge in [-0.15, -0.1) is 0 Å². The van der Waals surface area contributed by atoms with E-state index in [0.717, 1.165) is 49.4 Å². The van der Waals surface area contributed by atoms with Crippen LogP contribution in [0.4, 0.5) is 0 Å². The molecule has 51 nitrogen and oxygen atoms in total. The number of amides is 16. The van der Waals surface area contributed by atoms with E-state index in [9.17, 15) is 54.0 Å². The SMILES string of the molecule is CC[C@H](C)[C@@H]1NC(=O)[C@H](Cc2ccc(-c3ccccc3)cc2)NC(=O)[C@H](CC(C)C)NC(=O)[C@@H]2CCCN2C(=O)[C@@H](NC(=O)[C@H](CCCNC(=N)N)NC(=O)[C@H](CCCNC(=N)N)NC(C)=O)CSSC[C@@H](C(=O)N[C@@H](CCCNC(=N)N)C(=O)N[C@@H](CCCNC(=N)N)C(N)=O)NC(=O)[C@H](Cc2ccc(Cl)cc2)NC(=O)[C@@H]2C[C@H](OCC(=O)O)CN2C(=O)[C@H](CC(=O)O)NC(=O)[C@H](Cc2ccc(O)cc2)NC(=O)[C@H](CO)NC1=O. The van der Waals surface area contributed by atoms with Gasteiger partial charge in [-0.25, -0.2) is 4.79 Å². The Bertz CT molecular complexity index is 5380. The van der Waals surface area contributed by atoms with Crippen LogP contribution in [0.5, 0.6) is 5.75 Å². The molecule has 150 heavy (non-hydrogen) atoms. The minimum absolute atomic E-state index is 0.0167. The van der Waals surface area contributed by atoms with Gasteiger partial charge in [-0.3, -0.25) is 103 Å². The summed E-state index contributed by atoms with van der Waals surface area (Å²) >= 11 is 6.38. The number of guanidine groups is 4. The van der Waals surface area contributed by atoms with Crippen molar-refractivity contribution in [1.82, 2.24) is 100 Å². The number of rotatable bonds is 43. The molecule has 17 atom stereocenters. The lowest BCUT2D eigenvalue weighted by molar-refractivity contribution is -0.147. The number of nitrogens with one attached hydrogen (secondary N) is 21. The number of aliphatic hydroxyl groups is 1. The van der Waals surface area contributed by atoms with E-state index in [4.69, 9.17) is 66.6 Å². The van der Waals surface area contributed by atoms with Crippen LogP contribution in [0.25, 0.3) is 11.1 Å². The number of phenolic OH excluding ortho intramolecular Hbond substituents is 1. The van der Waals surface area contributed by atoms with E-state index in [1.54, 1.807) is 52.0 Å². The topological polar surface area (TPSA) is 834 Å². The summed E-state index contributed by atoms with van der Waals surface area (Å²) in [6, 6.07) is 0.882. The maximum atomic E-state index is 16.1. The van der Waals surface area contributed by atoms with E-state index < -0.39 is 296 Å². The van der Waals surface area contributed by atoms with E-state index in [-0.39, 0.29) is 138 Å². The molecule has 0 bridgehead atoms. The highest BCUT2D eigenvalue weighted by Gasteiger charge is 2.47. The summed E-state index contributed by atoms with van der Waals surface area (Å²) in [7, 11) is 1.49. The molecule has 35 N–H and O–H groups in total. The third-order valence-corrected chi connectivity index (χ3v) is 27.2. The molecular formula is C96H139ClN28O23S2. The molecule has 4 aromatic carbocycles. The van der Waals surface area contributed by atoms with E-state index in [1.165, 1.54) is 48.5 Å². The van der Waals surface area contributed by atoms with E-state index >= 15 is 52.7 Å². The maximum absolute atomic E-state index is 16.1. The first-order valence-electron chi connectivity index (χ1n) is 48.9. The lowest BCUT2D eigenvalue weighted by atomic mass is 9.96. The number of halogens is 1. The number of aliphatic hydroxyl groups excluding tert-OH is 1. The van der Waals surface area contributed by atoms with Crippen molar-refractivity contribution in [3.8, 4) is 16.9 Å². The highest BCUT2D eigenvalue weighted by atomic mass is 35.5. The fourth-order valence-electron chi connectivity index (χ4n) is 16.6. The average Bonchev–Trinajstić information content (AvgIpc) is 1.65. The number of benzene rings is 4. The van der Waals surface area contributed by atoms with Gasteiger partial charge in [-0.05, 0) is 135 Å². The van der Waals surface area contributed by atoms with Gasteiger partial charge < -0.3 is 154 Å². The number of carbonyl (C=O) groups is 18. The molecule has 3 heterocycles. The zero-order valence-electron chi connectivity index (χ0n) is 83.8. The number of phenols is 1. The van der Waals surface area contributed by atoms with Crippen LogP contribution in [0.1, 0.15) is 141 Å². The molecule has 820 valence electrons. The van der Waals surface area contributed by atoms with Crippen molar-refractivity contribution in [2.24, 2.45) is 40.5 Å². The Hall–Kier alpha value is -14.9. The summed E-state index contributed by atoms with van der Waals surface area (Å²) in [5.41, 5.74) is 30.6. The van der Waals surface area contributed by atoms with Crippen LogP contribution in [0, 0.1) is 33.5 Å². The second-order valence-corrected chi connectivity index (χ2v) is 39.8. The second kappa shape index (κ2) is 61.8. The Kier molecular flexibility index (Phi) is 50.3. The second-order valence-electron chi connectivity index (χ2n) is 36.8. The number of hydrogen-bond donors (Lipinski definition) is 30. The van der Waals surface area contributed by atoms with Crippen molar-refractivity contribution in [1.29, 1.82) is 21.6 Å². The van der Waals surface area contributed by atoms with Crippen molar-refractivity contribution >= 4 is 163 Å². The Morgan fingerprint density at radius 3 is 1.43 bits per heavy atom. The molecule has 0 aromatic heterocycles. The van der Waals surface area contributed by atoms with Crippen LogP contribution in [-0.4, -0.2) is 321 Å². The Balaban J connectivity index is 1.45. The lowest BCUT2D eigenvalue weighted by Gasteiger charge is -2.31. The Morgan fingerprint density at radius 2 is 0.933 bits per heavy atom. The van der Waals surface area contributed by atoms with Gasteiger partial charge in [-0.1, -0.05) is 146 Å². The molecule has 3 aliphatic rings. The average molecular weight is 2150 g/mol. The van der Waals surface area contributed by atoms with Gasteiger partial charge in [0.05, 0.1) is 19.1 Å². The lowest BCUT2D eigenvalue weighted by Crippen LogP contribution is -2.62. The summed E-state index contributed by atoms with van der Waals surface area (Å²) in [5, 5.41) is 117. The van der Waals surface area contributed by atoms with Gasteiger partial charge in [0, 0.05) is 88.4 Å². The van der Waals surface area contributed by atoms with Crippen LogP contribution < -0.4 is 119 Å². The van der Waals surface area contributed by atoms with Gasteiger partial charge >= 0.3 is 11.9 Å². The van der Waals surface area contributed by atoms with Gasteiger partial charge in [0.25, 0.3) is 0 Å². The number of carboxylic acid groups (broad SMARTS) is 2. The largest absolute Gasteiger partial charge is 0.508 e. The number of nitrogens with zero attached hydrogens (tertiary/aromatic N) is 2. The van der Waals surface area contributed by atoms with Crippen molar-refractivity contribution in [2.45, 2.75) is 241 Å². The normalized spacial score (nSPS) is 21.7. The number of ether oxygens (including phenoxy) is 1. The zero-order chi connectivity index (χ0) is 111. The summed E-state index contributed by atoms with van der Waals surface area (Å²) in [6.45, 7) is 4.55. The number of aliphatic carboxylic acids is 2. The number of nitrogens with two attached hydrogens (primary N) is 5. The standard InChI is InChI=1S/C96H139ClN28O23S2/c1-6-51(4)77-90(145)120-70(46-126)86(141)116-66(42-55-26-32-59(128)33-27-55)83(138)119-69(44-75(129)130)91(146)125-45-60(148-47-76(131)132)43-74(125)89(144)118-67(41-54-24-30-58(97)31-25-54)84(139)121-71(87(142)114-63(19-12-36-109-95(103)104)80(135)112-61(78(98)133)17-10-34-107-93(99)100)48-149-150-49-72(122-81(136)64(20-13-37-110-96(105)106)113-79(134)62(111-52(5)127)18-11-35-108-94(101)102)92(147)124-38-14-21-73(124)88(143)117-65(39-50(2)3)82(137)115-68(85(140)123-77)40-53-22-28-57(29-23-53)56-15-8-7-9-16-56/h7-9,15-16,22-33,50-51,60-74,77,126,128H,6,10-14,17-21,34-49H2,1-5H3,(H2,98,133)(H,111,127)(H,112,135)(H,113,134)(H,114,142)(H,115,137)(H,116,141)(H,117,143)(H,118,144)(H,119,138)(H,120,145)(H,121,139)(H,122,136)(H,123,140)(H,129,130)(H,131,132)(H4,99,100,107)(H4,101,102,108)(H4,103,104,109)(H4,105,106,110)/t51-,60-,61-,62-,63-,64-,65-,66-,67-,68-,69-,70-,71-,72-,73-,74-,77-/m0/s1. The summed E-state index contributed by atoms with van der Waals surface area (Å²) in [4.78, 5) is 268. The van der Waals surface area contributed by atoms with E-state index in [2.05, 4.69) is 90.4 Å². The first kappa shape index (κ1) is 122. The van der Waals surface area contributed by atoms with E-state index in [1.807, 2.05) is 30.3 Å². The molecule has 3 aliphatic heterocycles. The maximum Gasteiger partial charge on any atom is 0.329 e. The smallest absolute Gasteiger partial charge is 0.329 e. The predicted octanol–water partition coefficient (Wildman–Crippen LogP) is -4.38. The summed E-state index contributed by atoms with van der Waals surface area (Å²) in [5.74, 6) is -25.1. The minimum atomic E-state index is -2.24. The van der Waals surface area contributed by atoms with Gasteiger partial charge in [0.15, 0.2) is 23.8 Å². The summed E-state index contributed by atoms with van der Waals surface area (Å²) < 4.78 is 5.67. The highest BCUT2D eigenvalue weighted by Crippen LogP contribution is 2.30. The zero-order valence-corrected chi connectivity index (χ0v) is 86.2.